The quantitative estimate of drug-likeness (QED) is 0.865. The van der Waals surface area contributed by atoms with Gasteiger partial charge in [-0.1, -0.05) is 37.3 Å². The summed E-state index contributed by atoms with van der Waals surface area (Å²) >= 11 is 1.63. The minimum absolute atomic E-state index is 0.198. The molecule has 0 spiro atoms. The van der Waals surface area contributed by atoms with Gasteiger partial charge >= 0.3 is 0 Å². The van der Waals surface area contributed by atoms with Crippen molar-refractivity contribution in [3.8, 4) is 0 Å². The third-order valence-corrected chi connectivity index (χ3v) is 5.35. The Hall–Kier alpha value is -1.65. The van der Waals surface area contributed by atoms with Crippen LogP contribution in [0, 0.1) is 0 Å². The lowest BCUT2D eigenvalue weighted by molar-refractivity contribution is 0.0633. The molecule has 0 unspecified atom stereocenters. The van der Waals surface area contributed by atoms with Crippen molar-refractivity contribution in [3.05, 3.63) is 57.8 Å². The molecular weight excluding hydrogens is 292 g/mol. The Kier molecular flexibility index (Phi) is 4.90. The van der Waals surface area contributed by atoms with Crippen LogP contribution in [0.4, 0.5) is 0 Å². The third-order valence-electron chi connectivity index (χ3n) is 4.13. The molecule has 1 fully saturated rings. The monoisotopic (exact) mass is 314 g/mol. The fraction of sp³-hybridized carbons (Fsp3) is 0.389. The highest BCUT2D eigenvalue weighted by molar-refractivity contribution is 7.14. The average molecular weight is 314 g/mol. The Bertz CT molecular complexity index is 615. The SMILES string of the molecule is CCc1ccc(C(=O)N2CCN(Cc3ccccc3)CC2)s1. The Morgan fingerprint density at radius 1 is 1.05 bits per heavy atom. The summed E-state index contributed by atoms with van der Waals surface area (Å²) in [5.74, 6) is 0.198. The maximum atomic E-state index is 12.5. The number of piperazine rings is 1. The van der Waals surface area contributed by atoms with Crippen molar-refractivity contribution in [2.75, 3.05) is 26.2 Å². The second-order valence-electron chi connectivity index (χ2n) is 5.67. The molecule has 1 aromatic heterocycles. The highest BCUT2D eigenvalue weighted by Crippen LogP contribution is 2.20. The summed E-state index contributed by atoms with van der Waals surface area (Å²) in [6.07, 6.45) is 1.00. The predicted molar refractivity (Wildman–Crippen MR) is 91.3 cm³/mol. The summed E-state index contributed by atoms with van der Waals surface area (Å²) in [4.78, 5) is 19.1. The maximum absolute atomic E-state index is 12.5. The van der Waals surface area contributed by atoms with Crippen molar-refractivity contribution < 1.29 is 4.79 Å². The van der Waals surface area contributed by atoms with Gasteiger partial charge < -0.3 is 4.90 Å². The van der Waals surface area contributed by atoms with Crippen LogP contribution in [-0.4, -0.2) is 41.9 Å². The maximum Gasteiger partial charge on any atom is 0.264 e. The molecule has 0 aliphatic carbocycles. The molecule has 116 valence electrons. The zero-order chi connectivity index (χ0) is 15.4. The first-order valence-corrected chi connectivity index (χ1v) is 8.72. The van der Waals surface area contributed by atoms with E-state index in [-0.39, 0.29) is 5.91 Å². The smallest absolute Gasteiger partial charge is 0.264 e. The largest absolute Gasteiger partial charge is 0.335 e. The van der Waals surface area contributed by atoms with E-state index in [4.69, 9.17) is 0 Å². The molecule has 3 nitrogen and oxygen atoms in total. The lowest BCUT2D eigenvalue weighted by Gasteiger charge is -2.34. The Labute approximate surface area is 136 Å². The lowest BCUT2D eigenvalue weighted by atomic mass is 10.2. The van der Waals surface area contributed by atoms with Gasteiger partial charge in [-0.2, -0.15) is 0 Å². The van der Waals surface area contributed by atoms with E-state index in [1.165, 1.54) is 10.4 Å². The van der Waals surface area contributed by atoms with E-state index < -0.39 is 0 Å². The van der Waals surface area contributed by atoms with E-state index in [0.29, 0.717) is 0 Å². The summed E-state index contributed by atoms with van der Waals surface area (Å²) in [5.41, 5.74) is 1.34. The molecule has 1 aromatic carbocycles. The fourth-order valence-electron chi connectivity index (χ4n) is 2.79. The number of rotatable bonds is 4. The molecule has 2 aromatic rings. The molecule has 1 amide bonds. The highest BCUT2D eigenvalue weighted by Gasteiger charge is 2.23. The van der Waals surface area contributed by atoms with Crippen molar-refractivity contribution in [3.63, 3.8) is 0 Å². The minimum Gasteiger partial charge on any atom is -0.335 e. The molecule has 2 heterocycles. The van der Waals surface area contributed by atoms with E-state index in [0.717, 1.165) is 44.0 Å². The van der Waals surface area contributed by atoms with E-state index in [9.17, 15) is 4.79 Å². The van der Waals surface area contributed by atoms with Gasteiger partial charge in [0.15, 0.2) is 0 Å². The molecule has 4 heteroatoms. The number of carbonyl (C=O) groups excluding carboxylic acids is 1. The Morgan fingerprint density at radius 2 is 1.77 bits per heavy atom. The van der Waals surface area contributed by atoms with Crippen LogP contribution in [0.3, 0.4) is 0 Å². The van der Waals surface area contributed by atoms with E-state index in [1.54, 1.807) is 11.3 Å². The molecular formula is C18H22N2OS. The second kappa shape index (κ2) is 7.07. The summed E-state index contributed by atoms with van der Waals surface area (Å²) in [7, 11) is 0. The van der Waals surface area contributed by atoms with Crippen LogP contribution < -0.4 is 0 Å². The lowest BCUT2D eigenvalue weighted by Crippen LogP contribution is -2.48. The van der Waals surface area contributed by atoms with Crippen molar-refractivity contribution in [1.82, 2.24) is 9.80 Å². The Balaban J connectivity index is 1.54. The molecule has 1 aliphatic heterocycles. The molecule has 0 N–H and O–H groups in total. The van der Waals surface area contributed by atoms with Crippen LogP contribution in [-0.2, 0) is 13.0 Å². The number of hydrogen-bond donors (Lipinski definition) is 0. The number of benzene rings is 1. The molecule has 1 saturated heterocycles. The Morgan fingerprint density at radius 3 is 2.41 bits per heavy atom. The molecule has 1 aliphatic rings. The molecule has 0 radical (unpaired) electrons. The van der Waals surface area contributed by atoms with Gasteiger partial charge in [-0.05, 0) is 24.1 Å². The number of hydrogen-bond acceptors (Lipinski definition) is 3. The first kappa shape index (κ1) is 15.3. The van der Waals surface area contributed by atoms with E-state index >= 15 is 0 Å². The van der Waals surface area contributed by atoms with Crippen LogP contribution in [0.1, 0.15) is 27.0 Å². The van der Waals surface area contributed by atoms with Gasteiger partial charge in [0.1, 0.15) is 0 Å². The second-order valence-corrected chi connectivity index (χ2v) is 6.84. The number of aryl methyl sites for hydroxylation is 1. The summed E-state index contributed by atoms with van der Waals surface area (Å²) in [6, 6.07) is 14.6. The number of thiophene rings is 1. The summed E-state index contributed by atoms with van der Waals surface area (Å²) < 4.78 is 0. The van der Waals surface area contributed by atoms with Crippen LogP contribution in [0.25, 0.3) is 0 Å². The van der Waals surface area contributed by atoms with Crippen molar-refractivity contribution in [1.29, 1.82) is 0 Å². The predicted octanol–water partition coefficient (Wildman–Crippen LogP) is 3.27. The highest BCUT2D eigenvalue weighted by atomic mass is 32.1. The molecule has 0 atom stereocenters. The van der Waals surface area contributed by atoms with E-state index in [1.807, 2.05) is 17.0 Å². The van der Waals surface area contributed by atoms with Gasteiger partial charge in [-0.15, -0.1) is 11.3 Å². The summed E-state index contributed by atoms with van der Waals surface area (Å²) in [6.45, 7) is 6.65. The van der Waals surface area contributed by atoms with Gasteiger partial charge in [0, 0.05) is 37.6 Å². The fourth-order valence-corrected chi connectivity index (χ4v) is 3.70. The molecule has 3 rings (SSSR count). The standard InChI is InChI=1S/C18H22N2OS/c1-2-16-8-9-17(22-16)18(21)20-12-10-19(11-13-20)14-15-6-4-3-5-7-15/h3-9H,2,10-14H2,1H3. The van der Waals surface area contributed by atoms with Crippen molar-refractivity contribution in [2.45, 2.75) is 19.9 Å². The van der Waals surface area contributed by atoms with Crippen molar-refractivity contribution in [2.24, 2.45) is 0 Å². The van der Waals surface area contributed by atoms with E-state index in [2.05, 4.69) is 42.2 Å². The van der Waals surface area contributed by atoms with Gasteiger partial charge in [0.2, 0.25) is 0 Å². The zero-order valence-corrected chi connectivity index (χ0v) is 13.8. The first-order chi connectivity index (χ1) is 10.8. The topological polar surface area (TPSA) is 23.6 Å². The normalized spacial score (nSPS) is 16.0. The zero-order valence-electron chi connectivity index (χ0n) is 13.0. The van der Waals surface area contributed by atoms with Crippen molar-refractivity contribution >= 4 is 17.2 Å². The van der Waals surface area contributed by atoms with Gasteiger partial charge in [0.05, 0.1) is 4.88 Å². The number of amides is 1. The number of nitrogens with zero attached hydrogens (tertiary/aromatic N) is 2. The van der Waals surface area contributed by atoms with Crippen LogP contribution in [0.5, 0.6) is 0 Å². The molecule has 22 heavy (non-hydrogen) atoms. The van der Waals surface area contributed by atoms with Gasteiger partial charge in [0.25, 0.3) is 5.91 Å². The van der Waals surface area contributed by atoms with Crippen LogP contribution in [0.15, 0.2) is 42.5 Å². The molecule has 0 saturated carbocycles. The first-order valence-electron chi connectivity index (χ1n) is 7.90. The van der Waals surface area contributed by atoms with Gasteiger partial charge in [-0.25, -0.2) is 0 Å². The minimum atomic E-state index is 0.198. The van der Waals surface area contributed by atoms with Gasteiger partial charge in [-0.3, -0.25) is 9.69 Å². The molecule has 0 bridgehead atoms. The third kappa shape index (κ3) is 3.57. The van der Waals surface area contributed by atoms with Crippen LogP contribution in [0.2, 0.25) is 0 Å². The van der Waals surface area contributed by atoms with Crippen LogP contribution >= 0.6 is 11.3 Å². The summed E-state index contributed by atoms with van der Waals surface area (Å²) in [5, 5.41) is 0. The average Bonchev–Trinajstić information content (AvgIpc) is 3.05. The number of carbonyl (C=O) groups is 1.